The van der Waals surface area contributed by atoms with Gasteiger partial charge < -0.3 is 19.3 Å². The lowest BCUT2D eigenvalue weighted by Gasteiger charge is -2.20. The maximum absolute atomic E-state index is 9.70. The van der Waals surface area contributed by atoms with Gasteiger partial charge in [-0.15, -0.1) is 0 Å². The molecule has 0 saturated carbocycles. The number of hydrogen-bond acceptors (Lipinski definition) is 4. The Bertz CT molecular complexity index is 337. The monoisotopic (exact) mass is 210 g/mol. The van der Waals surface area contributed by atoms with Crippen molar-refractivity contribution in [2.45, 2.75) is 6.10 Å². The summed E-state index contributed by atoms with van der Waals surface area (Å²) >= 11 is 0. The number of methoxy groups -OCH3 is 1. The van der Waals surface area contributed by atoms with Gasteiger partial charge in [0, 0.05) is 7.11 Å². The number of ether oxygens (including phenoxy) is 3. The van der Waals surface area contributed by atoms with Crippen molar-refractivity contribution in [3.8, 4) is 11.5 Å². The number of hydrogen-bond donors (Lipinski definition) is 1. The normalized spacial score (nSPS) is 16.1. The lowest BCUT2D eigenvalue weighted by atomic mass is 10.1. The Morgan fingerprint density at radius 1 is 1.33 bits per heavy atom. The Morgan fingerprint density at radius 2 is 2.07 bits per heavy atom. The Morgan fingerprint density at radius 3 is 2.80 bits per heavy atom. The summed E-state index contributed by atoms with van der Waals surface area (Å²) < 4.78 is 15.7. The predicted octanol–water partition coefficient (Wildman–Crippen LogP) is 1.14. The van der Waals surface area contributed by atoms with Gasteiger partial charge in [0.15, 0.2) is 11.5 Å². The van der Waals surface area contributed by atoms with E-state index in [0.29, 0.717) is 19.0 Å². The van der Waals surface area contributed by atoms with Crippen molar-refractivity contribution in [2.75, 3.05) is 26.9 Å². The van der Waals surface area contributed by atoms with Crippen molar-refractivity contribution in [3.63, 3.8) is 0 Å². The zero-order chi connectivity index (χ0) is 10.7. The fraction of sp³-hybridized carbons (Fsp3) is 0.455. The van der Waals surface area contributed by atoms with E-state index in [1.165, 1.54) is 0 Å². The number of rotatable bonds is 3. The fourth-order valence-electron chi connectivity index (χ4n) is 1.52. The first-order valence-electron chi connectivity index (χ1n) is 4.88. The average molecular weight is 210 g/mol. The molecule has 1 aliphatic rings. The minimum atomic E-state index is -0.620. The number of aliphatic hydroxyl groups excluding tert-OH is 1. The largest absolute Gasteiger partial charge is 0.486 e. The second kappa shape index (κ2) is 4.51. The Kier molecular flexibility index (Phi) is 3.08. The Hall–Kier alpha value is -1.26. The molecule has 1 aromatic rings. The minimum Gasteiger partial charge on any atom is -0.486 e. The molecule has 0 radical (unpaired) electrons. The minimum absolute atomic E-state index is 0.277. The molecule has 15 heavy (non-hydrogen) atoms. The summed E-state index contributed by atoms with van der Waals surface area (Å²) in [5.74, 6) is 1.42. The van der Waals surface area contributed by atoms with Crippen LogP contribution in [0.1, 0.15) is 11.7 Å². The van der Waals surface area contributed by atoms with Gasteiger partial charge >= 0.3 is 0 Å². The molecule has 0 amide bonds. The van der Waals surface area contributed by atoms with E-state index >= 15 is 0 Å². The van der Waals surface area contributed by atoms with Gasteiger partial charge in [-0.25, -0.2) is 0 Å². The van der Waals surface area contributed by atoms with Crippen molar-refractivity contribution >= 4 is 0 Å². The average Bonchev–Trinajstić information content (AvgIpc) is 2.29. The highest BCUT2D eigenvalue weighted by Gasteiger charge is 2.14. The standard InChI is InChI=1S/C11H14O4/c1-13-7-9(12)8-2-3-10-11(6-8)15-5-4-14-10/h2-3,6,9,12H,4-5,7H2,1H3. The molecule has 1 aromatic carbocycles. The van der Waals surface area contributed by atoms with Crippen molar-refractivity contribution in [2.24, 2.45) is 0 Å². The van der Waals surface area contributed by atoms with E-state index in [9.17, 15) is 5.11 Å². The van der Waals surface area contributed by atoms with Crippen LogP contribution >= 0.6 is 0 Å². The Balaban J connectivity index is 2.20. The third-order valence-corrected chi connectivity index (χ3v) is 2.28. The van der Waals surface area contributed by atoms with Crippen molar-refractivity contribution in [1.29, 1.82) is 0 Å². The molecule has 82 valence electrons. The molecule has 0 saturated heterocycles. The highest BCUT2D eigenvalue weighted by Crippen LogP contribution is 2.32. The summed E-state index contributed by atoms with van der Waals surface area (Å²) in [6.07, 6.45) is -0.620. The van der Waals surface area contributed by atoms with Gasteiger partial charge in [-0.3, -0.25) is 0 Å². The highest BCUT2D eigenvalue weighted by atomic mass is 16.6. The summed E-state index contributed by atoms with van der Waals surface area (Å²) in [5, 5.41) is 9.70. The van der Waals surface area contributed by atoms with E-state index in [0.717, 1.165) is 11.3 Å². The van der Waals surface area contributed by atoms with Crippen LogP contribution in [0.15, 0.2) is 18.2 Å². The Labute approximate surface area is 88.4 Å². The molecule has 1 N–H and O–H groups in total. The van der Waals surface area contributed by atoms with Gasteiger partial charge in [-0.2, -0.15) is 0 Å². The summed E-state index contributed by atoms with van der Waals surface area (Å²) in [6, 6.07) is 5.41. The van der Waals surface area contributed by atoms with Crippen LogP contribution in [-0.2, 0) is 4.74 Å². The summed E-state index contributed by atoms with van der Waals surface area (Å²) in [6.45, 7) is 1.41. The maximum atomic E-state index is 9.70. The van der Waals surface area contributed by atoms with E-state index in [4.69, 9.17) is 14.2 Å². The van der Waals surface area contributed by atoms with Crippen molar-refractivity contribution < 1.29 is 19.3 Å². The van der Waals surface area contributed by atoms with Crippen LogP contribution in [-0.4, -0.2) is 32.0 Å². The van der Waals surface area contributed by atoms with Gasteiger partial charge in [0.25, 0.3) is 0 Å². The quantitative estimate of drug-likeness (QED) is 0.812. The SMILES string of the molecule is COCC(O)c1ccc2c(c1)OCCO2. The van der Waals surface area contributed by atoms with Crippen LogP contribution in [0.2, 0.25) is 0 Å². The molecule has 0 bridgehead atoms. The van der Waals surface area contributed by atoms with Crippen molar-refractivity contribution in [1.82, 2.24) is 0 Å². The van der Waals surface area contributed by atoms with Crippen LogP contribution in [0.4, 0.5) is 0 Å². The van der Waals surface area contributed by atoms with Crippen LogP contribution < -0.4 is 9.47 Å². The van der Waals surface area contributed by atoms with Gasteiger partial charge in [0.1, 0.15) is 19.3 Å². The van der Waals surface area contributed by atoms with Crippen LogP contribution in [0.3, 0.4) is 0 Å². The highest BCUT2D eigenvalue weighted by molar-refractivity contribution is 5.44. The van der Waals surface area contributed by atoms with Crippen LogP contribution in [0.5, 0.6) is 11.5 Å². The van der Waals surface area contributed by atoms with Crippen molar-refractivity contribution in [3.05, 3.63) is 23.8 Å². The van der Waals surface area contributed by atoms with E-state index in [1.54, 1.807) is 13.2 Å². The molecule has 4 nitrogen and oxygen atoms in total. The zero-order valence-electron chi connectivity index (χ0n) is 8.60. The lowest BCUT2D eigenvalue weighted by molar-refractivity contribution is 0.0639. The first kappa shape index (κ1) is 10.3. The molecule has 0 fully saturated rings. The second-order valence-corrected chi connectivity index (χ2v) is 3.37. The second-order valence-electron chi connectivity index (χ2n) is 3.37. The topological polar surface area (TPSA) is 47.9 Å². The molecule has 0 aliphatic carbocycles. The number of benzene rings is 1. The van der Waals surface area contributed by atoms with Gasteiger partial charge in [0.2, 0.25) is 0 Å². The third-order valence-electron chi connectivity index (χ3n) is 2.28. The van der Waals surface area contributed by atoms with Gasteiger partial charge in [-0.1, -0.05) is 6.07 Å². The molecule has 1 heterocycles. The smallest absolute Gasteiger partial charge is 0.161 e. The zero-order valence-corrected chi connectivity index (χ0v) is 8.60. The molecular weight excluding hydrogens is 196 g/mol. The van der Waals surface area contributed by atoms with Crippen LogP contribution in [0.25, 0.3) is 0 Å². The molecule has 0 spiro atoms. The summed E-state index contributed by atoms with van der Waals surface area (Å²) in [4.78, 5) is 0. The molecule has 4 heteroatoms. The molecular formula is C11H14O4. The number of aliphatic hydroxyl groups is 1. The van der Waals surface area contributed by atoms with E-state index < -0.39 is 6.10 Å². The molecule has 0 aromatic heterocycles. The maximum Gasteiger partial charge on any atom is 0.161 e. The fourth-order valence-corrected chi connectivity index (χ4v) is 1.52. The molecule has 1 unspecified atom stereocenters. The summed E-state index contributed by atoms with van der Waals surface area (Å²) in [7, 11) is 1.56. The van der Waals surface area contributed by atoms with Gasteiger partial charge in [0.05, 0.1) is 6.61 Å². The van der Waals surface area contributed by atoms with E-state index in [-0.39, 0.29) is 6.61 Å². The van der Waals surface area contributed by atoms with E-state index in [2.05, 4.69) is 0 Å². The molecule has 1 aliphatic heterocycles. The number of fused-ring (bicyclic) bond motifs is 1. The molecule has 1 atom stereocenters. The first-order valence-corrected chi connectivity index (χ1v) is 4.88. The lowest BCUT2D eigenvalue weighted by Crippen LogP contribution is -2.16. The first-order chi connectivity index (χ1) is 7.31. The molecule has 2 rings (SSSR count). The summed E-state index contributed by atoms with van der Waals surface area (Å²) in [5.41, 5.74) is 0.779. The van der Waals surface area contributed by atoms with E-state index in [1.807, 2.05) is 12.1 Å². The van der Waals surface area contributed by atoms with Crippen LogP contribution in [0, 0.1) is 0 Å². The predicted molar refractivity (Wildman–Crippen MR) is 54.3 cm³/mol. The third kappa shape index (κ3) is 2.22. The van der Waals surface area contributed by atoms with Gasteiger partial charge in [-0.05, 0) is 17.7 Å².